The molecule has 33 heavy (non-hydrogen) atoms. The normalized spacial score (nSPS) is 15.8. The first-order chi connectivity index (χ1) is 16.3. The van der Waals surface area contributed by atoms with E-state index in [2.05, 4.69) is 102 Å². The third-order valence-electron chi connectivity index (χ3n) is 6.24. The minimum Gasteiger partial charge on any atom is -0.293 e. The van der Waals surface area contributed by atoms with E-state index in [0.717, 1.165) is 29.9 Å². The maximum absolute atomic E-state index is 5.05. The molecule has 3 aromatic rings. The van der Waals surface area contributed by atoms with Crippen molar-refractivity contribution in [1.29, 1.82) is 0 Å². The van der Waals surface area contributed by atoms with Gasteiger partial charge in [-0.05, 0) is 35.2 Å². The Balaban J connectivity index is 1.43. The minimum atomic E-state index is 0.202. The Morgan fingerprint density at radius 1 is 0.818 bits per heavy atom. The van der Waals surface area contributed by atoms with Crippen LogP contribution in [0.15, 0.2) is 95.0 Å². The quantitative estimate of drug-likeness (QED) is 0.222. The molecular formula is C30H35N3. The molecule has 0 N–H and O–H groups in total. The van der Waals surface area contributed by atoms with Gasteiger partial charge in [0.1, 0.15) is 0 Å². The molecular weight excluding hydrogens is 402 g/mol. The zero-order valence-corrected chi connectivity index (χ0v) is 19.7. The van der Waals surface area contributed by atoms with Gasteiger partial charge in [-0.2, -0.15) is 5.10 Å². The largest absolute Gasteiger partial charge is 0.293 e. The van der Waals surface area contributed by atoms with Crippen LogP contribution in [0.1, 0.15) is 74.6 Å². The molecule has 0 unspecified atom stereocenters. The Labute approximate surface area is 198 Å². The van der Waals surface area contributed by atoms with Crippen molar-refractivity contribution >= 4 is 17.6 Å². The van der Waals surface area contributed by atoms with Gasteiger partial charge in [0, 0.05) is 19.2 Å². The molecule has 0 saturated heterocycles. The third kappa shape index (κ3) is 6.41. The lowest BCUT2D eigenvalue weighted by Crippen LogP contribution is -2.18. The summed E-state index contributed by atoms with van der Waals surface area (Å²) in [7, 11) is 0. The predicted molar refractivity (Wildman–Crippen MR) is 142 cm³/mol. The van der Waals surface area contributed by atoms with Crippen molar-refractivity contribution < 1.29 is 0 Å². The second-order valence-electron chi connectivity index (χ2n) is 8.78. The fraction of sp³-hybridized carbons (Fsp3) is 0.333. The van der Waals surface area contributed by atoms with Crippen molar-refractivity contribution in [3.8, 4) is 0 Å². The molecule has 1 atom stereocenters. The van der Waals surface area contributed by atoms with Crippen molar-refractivity contribution in [2.24, 2.45) is 10.1 Å². The van der Waals surface area contributed by atoms with E-state index < -0.39 is 0 Å². The number of benzene rings is 3. The molecule has 0 amide bonds. The van der Waals surface area contributed by atoms with Gasteiger partial charge in [-0.25, -0.2) is 0 Å². The highest BCUT2D eigenvalue weighted by atomic mass is 15.5. The number of unbranched alkanes of at least 4 members (excludes halogenated alkanes) is 5. The summed E-state index contributed by atoms with van der Waals surface area (Å²) in [5, 5.41) is 7.22. The Bertz CT molecular complexity index is 1020. The van der Waals surface area contributed by atoms with E-state index in [9.17, 15) is 0 Å². The summed E-state index contributed by atoms with van der Waals surface area (Å²) in [5.74, 6) is 0. The summed E-state index contributed by atoms with van der Waals surface area (Å²) in [6.45, 7) is 3.18. The van der Waals surface area contributed by atoms with Crippen LogP contribution in [-0.4, -0.2) is 18.5 Å². The molecule has 0 radical (unpaired) electrons. The summed E-state index contributed by atoms with van der Waals surface area (Å²) in [4.78, 5) is 4.63. The van der Waals surface area contributed by atoms with Gasteiger partial charge in [0.05, 0.1) is 17.4 Å². The standard InChI is InChI=1S/C30H35N3/c1-2-3-4-5-6-13-22-31-24-25-18-20-28(21-19-25)33-30(27-16-11-8-12-17-27)23-29(32-33)26-14-9-7-10-15-26/h7-12,14-21,24,30H,2-6,13,22-23H2,1H3/t30-/m0/s1. The molecule has 0 spiro atoms. The van der Waals surface area contributed by atoms with Crippen molar-refractivity contribution in [3.05, 3.63) is 102 Å². The highest BCUT2D eigenvalue weighted by molar-refractivity contribution is 6.03. The van der Waals surface area contributed by atoms with Crippen molar-refractivity contribution in [2.75, 3.05) is 11.6 Å². The van der Waals surface area contributed by atoms with Crippen molar-refractivity contribution in [3.63, 3.8) is 0 Å². The summed E-state index contributed by atoms with van der Waals surface area (Å²) in [5.41, 5.74) is 5.88. The molecule has 0 saturated carbocycles. The number of aliphatic imine (C=N–C) groups is 1. The van der Waals surface area contributed by atoms with E-state index in [1.54, 1.807) is 0 Å². The topological polar surface area (TPSA) is 28.0 Å². The number of hydrogen-bond acceptors (Lipinski definition) is 3. The van der Waals surface area contributed by atoms with Crippen LogP contribution in [0, 0.1) is 0 Å². The lowest BCUT2D eigenvalue weighted by atomic mass is 9.98. The van der Waals surface area contributed by atoms with Gasteiger partial charge in [-0.3, -0.25) is 10.0 Å². The molecule has 0 fully saturated rings. The Kier molecular flexibility index (Phi) is 8.46. The van der Waals surface area contributed by atoms with Gasteiger partial charge >= 0.3 is 0 Å². The first-order valence-electron chi connectivity index (χ1n) is 12.4. The monoisotopic (exact) mass is 437 g/mol. The SMILES string of the molecule is CCCCCCCCN=Cc1ccc(N2N=C(c3ccccc3)C[C@H]2c2ccccc2)cc1. The zero-order valence-electron chi connectivity index (χ0n) is 19.7. The average molecular weight is 438 g/mol. The number of hydrogen-bond donors (Lipinski definition) is 0. The number of nitrogens with zero attached hydrogens (tertiary/aromatic N) is 3. The third-order valence-corrected chi connectivity index (χ3v) is 6.24. The van der Waals surface area contributed by atoms with Crippen LogP contribution in [-0.2, 0) is 0 Å². The van der Waals surface area contributed by atoms with Crippen LogP contribution < -0.4 is 5.01 Å². The molecule has 1 aliphatic rings. The van der Waals surface area contributed by atoms with Gasteiger partial charge < -0.3 is 0 Å². The van der Waals surface area contributed by atoms with Crippen LogP contribution in [0.3, 0.4) is 0 Å². The molecule has 0 aliphatic carbocycles. The molecule has 1 heterocycles. The highest BCUT2D eigenvalue weighted by Gasteiger charge is 2.29. The van der Waals surface area contributed by atoms with E-state index in [-0.39, 0.29) is 6.04 Å². The van der Waals surface area contributed by atoms with E-state index in [0.29, 0.717) is 0 Å². The summed E-state index contributed by atoms with van der Waals surface area (Å²) < 4.78 is 0. The zero-order chi connectivity index (χ0) is 22.7. The maximum atomic E-state index is 5.05. The Hall–Kier alpha value is -3.20. The van der Waals surface area contributed by atoms with Crippen LogP contribution in [0.5, 0.6) is 0 Å². The van der Waals surface area contributed by atoms with Gasteiger partial charge in [0.2, 0.25) is 0 Å². The highest BCUT2D eigenvalue weighted by Crippen LogP contribution is 2.36. The van der Waals surface area contributed by atoms with Crippen molar-refractivity contribution in [1.82, 2.24) is 0 Å². The first-order valence-corrected chi connectivity index (χ1v) is 12.4. The number of anilines is 1. The molecule has 170 valence electrons. The van der Waals surface area contributed by atoms with Gasteiger partial charge in [-0.1, -0.05) is 112 Å². The Morgan fingerprint density at radius 2 is 1.48 bits per heavy atom. The van der Waals surface area contributed by atoms with Gasteiger partial charge in [0.25, 0.3) is 0 Å². The van der Waals surface area contributed by atoms with Crippen molar-refractivity contribution in [2.45, 2.75) is 57.9 Å². The van der Waals surface area contributed by atoms with E-state index in [4.69, 9.17) is 5.10 Å². The molecule has 0 bridgehead atoms. The first kappa shape index (κ1) is 23.0. The lowest BCUT2D eigenvalue weighted by Gasteiger charge is -2.24. The minimum absolute atomic E-state index is 0.202. The maximum Gasteiger partial charge on any atom is 0.0831 e. The fourth-order valence-corrected chi connectivity index (χ4v) is 4.35. The van der Waals surface area contributed by atoms with Crippen LogP contribution in [0.25, 0.3) is 0 Å². The van der Waals surface area contributed by atoms with E-state index >= 15 is 0 Å². The second kappa shape index (κ2) is 12.2. The van der Waals surface area contributed by atoms with E-state index in [1.807, 2.05) is 6.21 Å². The second-order valence-corrected chi connectivity index (χ2v) is 8.78. The lowest BCUT2D eigenvalue weighted by molar-refractivity contribution is 0.612. The molecule has 3 nitrogen and oxygen atoms in total. The van der Waals surface area contributed by atoms with E-state index in [1.165, 1.54) is 49.7 Å². The van der Waals surface area contributed by atoms with Crippen LogP contribution in [0.4, 0.5) is 5.69 Å². The number of hydrazone groups is 1. The predicted octanol–water partition coefficient (Wildman–Crippen LogP) is 7.82. The molecule has 3 aromatic carbocycles. The summed E-state index contributed by atoms with van der Waals surface area (Å²) in [6.07, 6.45) is 10.7. The molecule has 0 aromatic heterocycles. The Morgan fingerprint density at radius 3 is 2.21 bits per heavy atom. The number of rotatable bonds is 11. The summed E-state index contributed by atoms with van der Waals surface area (Å²) >= 11 is 0. The smallest absolute Gasteiger partial charge is 0.0831 e. The van der Waals surface area contributed by atoms with Gasteiger partial charge in [0.15, 0.2) is 0 Å². The van der Waals surface area contributed by atoms with Crippen LogP contribution in [0.2, 0.25) is 0 Å². The fourth-order valence-electron chi connectivity index (χ4n) is 4.35. The summed E-state index contributed by atoms with van der Waals surface area (Å²) in [6, 6.07) is 30.0. The molecule has 4 rings (SSSR count). The van der Waals surface area contributed by atoms with Crippen LogP contribution >= 0.6 is 0 Å². The van der Waals surface area contributed by atoms with Gasteiger partial charge in [-0.15, -0.1) is 0 Å². The average Bonchev–Trinajstić information content (AvgIpc) is 3.33. The molecule has 1 aliphatic heterocycles. The molecule has 3 heteroatoms.